The van der Waals surface area contributed by atoms with Crippen LogP contribution in [0.2, 0.25) is 0 Å². The van der Waals surface area contributed by atoms with E-state index in [9.17, 15) is 19.2 Å². The lowest BCUT2D eigenvalue weighted by Crippen LogP contribution is -2.32. The van der Waals surface area contributed by atoms with Crippen LogP contribution in [0, 0.1) is 0 Å². The Kier molecular flexibility index (Phi) is 17.5. The van der Waals surface area contributed by atoms with Crippen LogP contribution in [0.4, 0.5) is 0 Å². The predicted octanol–water partition coefficient (Wildman–Crippen LogP) is -3.73. The summed E-state index contributed by atoms with van der Waals surface area (Å²) in [4.78, 5) is 43.4. The van der Waals surface area contributed by atoms with Crippen molar-refractivity contribution >= 4 is 23.6 Å². The second-order valence-corrected chi connectivity index (χ2v) is 5.46. The second kappa shape index (κ2) is 19.0. The molecular weight excluding hydrogens is 392 g/mol. The molecule has 0 aromatic heterocycles. The van der Waals surface area contributed by atoms with Crippen molar-refractivity contribution in [3.05, 3.63) is 0 Å². The molecule has 0 aliphatic carbocycles. The summed E-state index contributed by atoms with van der Waals surface area (Å²) < 4.78 is 25.3. The van der Waals surface area contributed by atoms with Gasteiger partial charge in [0.1, 0.15) is 26.4 Å². The molecule has 0 aliphatic heterocycles. The molecule has 0 saturated heterocycles. The van der Waals surface area contributed by atoms with Crippen molar-refractivity contribution in [1.29, 1.82) is 0 Å². The maximum atomic E-state index is 11.3. The molecule has 0 atom stereocenters. The monoisotopic (exact) mass is 422 g/mol. The minimum atomic E-state index is -0.637. The van der Waals surface area contributed by atoms with E-state index >= 15 is 0 Å². The van der Waals surface area contributed by atoms with Gasteiger partial charge in [-0.3, -0.25) is 19.2 Å². The van der Waals surface area contributed by atoms with E-state index in [1.54, 1.807) is 0 Å². The van der Waals surface area contributed by atoms with Crippen LogP contribution >= 0.6 is 0 Å². The van der Waals surface area contributed by atoms with Gasteiger partial charge in [0.15, 0.2) is 0 Å². The fourth-order valence-corrected chi connectivity index (χ4v) is 1.66. The Morgan fingerprint density at radius 3 is 1.21 bits per heavy atom. The molecule has 0 aromatic carbocycles. The highest BCUT2D eigenvalue weighted by Crippen LogP contribution is 1.82. The van der Waals surface area contributed by atoms with Crippen molar-refractivity contribution in [3.8, 4) is 0 Å². The number of hydrogen-bond acceptors (Lipinski definition) is 9. The third kappa shape index (κ3) is 21.8. The van der Waals surface area contributed by atoms with Crippen LogP contribution in [0.15, 0.2) is 0 Å². The Labute approximate surface area is 168 Å². The number of carbonyl (C=O) groups is 4. The maximum Gasteiger partial charge on any atom is 0.246 e. The van der Waals surface area contributed by atoms with Gasteiger partial charge in [-0.05, 0) is 0 Å². The minimum Gasteiger partial charge on any atom is -0.377 e. The first-order valence-corrected chi connectivity index (χ1v) is 8.90. The van der Waals surface area contributed by atoms with Crippen molar-refractivity contribution < 1.29 is 42.9 Å². The average molecular weight is 422 g/mol. The molecule has 13 heteroatoms. The average Bonchev–Trinajstić information content (AvgIpc) is 2.64. The maximum absolute atomic E-state index is 11.3. The normalized spacial score (nSPS) is 10.5. The zero-order valence-electron chi connectivity index (χ0n) is 16.3. The predicted molar refractivity (Wildman–Crippen MR) is 98.5 cm³/mol. The highest BCUT2D eigenvalue weighted by molar-refractivity contribution is 5.79. The fraction of sp³-hybridized carbons (Fsp3) is 0.750. The lowest BCUT2D eigenvalue weighted by molar-refractivity contribution is -0.131. The topological polar surface area (TPSA) is 191 Å². The first kappa shape index (κ1) is 26.7. The fourth-order valence-electron chi connectivity index (χ4n) is 1.66. The third-order valence-electron chi connectivity index (χ3n) is 2.84. The van der Waals surface area contributed by atoms with Crippen LogP contribution in [-0.4, -0.2) is 103 Å². The Balaban J connectivity index is 3.24. The molecular formula is C16H30N4O9. The molecule has 0 aliphatic rings. The third-order valence-corrected chi connectivity index (χ3v) is 2.84. The van der Waals surface area contributed by atoms with Crippen LogP contribution in [-0.2, 0) is 42.9 Å². The van der Waals surface area contributed by atoms with Crippen molar-refractivity contribution in [1.82, 2.24) is 10.6 Å². The number of carbonyl (C=O) groups excluding carboxylic acids is 4. The first-order valence-electron chi connectivity index (χ1n) is 8.90. The lowest BCUT2D eigenvalue weighted by Gasteiger charge is -2.08. The molecule has 6 N–H and O–H groups in total. The first-order chi connectivity index (χ1) is 13.9. The van der Waals surface area contributed by atoms with Crippen LogP contribution in [0.3, 0.4) is 0 Å². The number of nitrogens with one attached hydrogen (secondary N) is 2. The molecule has 0 rings (SSSR count). The van der Waals surface area contributed by atoms with Gasteiger partial charge in [-0.2, -0.15) is 0 Å². The zero-order valence-corrected chi connectivity index (χ0v) is 16.3. The number of amides is 4. The van der Waals surface area contributed by atoms with Gasteiger partial charge >= 0.3 is 0 Å². The Hall–Kier alpha value is -2.32. The number of rotatable bonds is 20. The highest BCUT2D eigenvalue weighted by atomic mass is 16.5. The molecule has 0 spiro atoms. The van der Waals surface area contributed by atoms with Crippen molar-refractivity contribution in [2.75, 3.05) is 79.2 Å². The molecule has 0 radical (unpaired) electrons. The lowest BCUT2D eigenvalue weighted by atomic mass is 10.5. The molecule has 13 nitrogen and oxygen atoms in total. The van der Waals surface area contributed by atoms with Gasteiger partial charge < -0.3 is 45.8 Å². The van der Waals surface area contributed by atoms with E-state index < -0.39 is 11.8 Å². The van der Waals surface area contributed by atoms with E-state index in [1.807, 2.05) is 0 Å². The highest BCUT2D eigenvalue weighted by Gasteiger charge is 2.03. The van der Waals surface area contributed by atoms with Crippen LogP contribution in [0.1, 0.15) is 0 Å². The molecule has 168 valence electrons. The molecule has 0 bridgehead atoms. The van der Waals surface area contributed by atoms with Crippen LogP contribution in [0.25, 0.3) is 0 Å². The molecule has 29 heavy (non-hydrogen) atoms. The Morgan fingerprint density at radius 2 is 0.862 bits per heavy atom. The molecule has 0 saturated carbocycles. The standard InChI is InChI=1S/C16H30N4O9/c17-13(21)9-28-11-15(23)19-1-3-25-5-7-27-8-6-26-4-2-20-16(24)12-29-10-14(18)22/h1-12H2,(H2,17,21)(H2,18,22)(H,19,23)(H,20,24). The van der Waals surface area contributed by atoms with Crippen molar-refractivity contribution in [2.24, 2.45) is 11.5 Å². The largest absolute Gasteiger partial charge is 0.377 e. The summed E-state index contributed by atoms with van der Waals surface area (Å²) in [6.45, 7) is 1.61. The molecule has 0 heterocycles. The Bertz CT molecular complexity index is 449. The van der Waals surface area contributed by atoms with Gasteiger partial charge in [-0.1, -0.05) is 0 Å². The molecule has 0 aromatic rings. The molecule has 0 unspecified atom stereocenters. The number of ether oxygens (including phenoxy) is 5. The summed E-state index contributed by atoms with van der Waals surface area (Å²) in [5.41, 5.74) is 9.73. The number of hydrogen-bond donors (Lipinski definition) is 4. The summed E-state index contributed by atoms with van der Waals surface area (Å²) in [5.74, 6) is -2.00. The summed E-state index contributed by atoms with van der Waals surface area (Å²) in [6, 6.07) is 0. The summed E-state index contributed by atoms with van der Waals surface area (Å²) >= 11 is 0. The van der Waals surface area contributed by atoms with E-state index in [1.165, 1.54) is 0 Å². The number of primary amides is 2. The minimum absolute atomic E-state index is 0.237. The quantitative estimate of drug-likeness (QED) is 0.143. The van der Waals surface area contributed by atoms with Gasteiger partial charge in [-0.25, -0.2) is 0 Å². The second-order valence-electron chi connectivity index (χ2n) is 5.46. The van der Waals surface area contributed by atoms with E-state index in [0.717, 1.165) is 0 Å². The van der Waals surface area contributed by atoms with Crippen molar-refractivity contribution in [2.45, 2.75) is 0 Å². The number of nitrogens with two attached hydrogens (primary N) is 2. The molecule has 4 amide bonds. The van der Waals surface area contributed by atoms with Crippen LogP contribution < -0.4 is 22.1 Å². The van der Waals surface area contributed by atoms with E-state index in [0.29, 0.717) is 52.7 Å². The summed E-state index contributed by atoms with van der Waals surface area (Å²) in [6.07, 6.45) is 0. The smallest absolute Gasteiger partial charge is 0.246 e. The van der Waals surface area contributed by atoms with E-state index in [4.69, 9.17) is 35.2 Å². The van der Waals surface area contributed by atoms with Crippen LogP contribution in [0.5, 0.6) is 0 Å². The van der Waals surface area contributed by atoms with Gasteiger partial charge in [0.05, 0.1) is 39.6 Å². The van der Waals surface area contributed by atoms with Gasteiger partial charge in [0.25, 0.3) is 0 Å². The van der Waals surface area contributed by atoms with Crippen molar-refractivity contribution in [3.63, 3.8) is 0 Å². The van der Waals surface area contributed by atoms with Gasteiger partial charge in [-0.15, -0.1) is 0 Å². The summed E-state index contributed by atoms with van der Waals surface area (Å²) in [7, 11) is 0. The van der Waals surface area contributed by atoms with Gasteiger partial charge in [0.2, 0.25) is 23.6 Å². The van der Waals surface area contributed by atoms with Gasteiger partial charge in [0, 0.05) is 13.1 Å². The SMILES string of the molecule is NC(=O)COCC(=O)NCCOCCOCCOCCNC(=O)COCC(N)=O. The summed E-state index contributed by atoms with van der Waals surface area (Å²) in [5, 5.41) is 5.10. The molecule has 0 fully saturated rings. The Morgan fingerprint density at radius 1 is 0.517 bits per heavy atom. The van der Waals surface area contributed by atoms with E-state index in [-0.39, 0.29) is 38.2 Å². The van der Waals surface area contributed by atoms with E-state index in [2.05, 4.69) is 10.6 Å². The zero-order chi connectivity index (χ0) is 21.7.